The van der Waals surface area contributed by atoms with Crippen LogP contribution in [0.4, 0.5) is 0 Å². The van der Waals surface area contributed by atoms with Gasteiger partial charge < -0.3 is 18.9 Å². The number of rotatable bonds is 12. The summed E-state index contributed by atoms with van der Waals surface area (Å²) in [6.45, 7) is 0. The molecular formula is C64H48O4S. The molecule has 9 aromatic carbocycles. The van der Waals surface area contributed by atoms with Crippen molar-refractivity contribution >= 4 is 59.9 Å². The number of allylic oxidation sites excluding steroid dienone is 5. The molecule has 1 heterocycles. The summed E-state index contributed by atoms with van der Waals surface area (Å²) in [6.07, 6.45) is 2.50. The Balaban J connectivity index is 1.40. The molecule has 1 aliphatic carbocycles. The summed E-state index contributed by atoms with van der Waals surface area (Å²) in [6, 6.07) is 75.6. The molecule has 0 unspecified atom stereocenters. The Kier molecular flexibility index (Phi) is 11.7. The zero-order valence-electron chi connectivity index (χ0n) is 38.8. The van der Waals surface area contributed by atoms with Gasteiger partial charge in [0.1, 0.15) is 23.0 Å². The van der Waals surface area contributed by atoms with E-state index in [1.165, 1.54) is 22.3 Å². The van der Waals surface area contributed by atoms with E-state index in [9.17, 15) is 0 Å². The van der Waals surface area contributed by atoms with Crippen LogP contribution in [0.2, 0.25) is 0 Å². The number of hydrogen-bond acceptors (Lipinski definition) is 5. The van der Waals surface area contributed by atoms with Crippen molar-refractivity contribution in [2.45, 2.75) is 0 Å². The third-order valence-electron chi connectivity index (χ3n) is 13.1. The summed E-state index contributed by atoms with van der Waals surface area (Å²) in [4.78, 5) is 0. The van der Waals surface area contributed by atoms with Crippen LogP contribution in [0.3, 0.4) is 0 Å². The Hall–Kier alpha value is -8.38. The third-order valence-corrected chi connectivity index (χ3v) is 14.3. The van der Waals surface area contributed by atoms with Crippen molar-refractivity contribution in [1.29, 1.82) is 0 Å². The molecule has 4 nitrogen and oxygen atoms in total. The third kappa shape index (κ3) is 7.87. The molecule has 5 heteroatoms. The van der Waals surface area contributed by atoms with Crippen molar-refractivity contribution in [3.05, 3.63) is 246 Å². The van der Waals surface area contributed by atoms with E-state index in [0.29, 0.717) is 0 Å². The van der Waals surface area contributed by atoms with Gasteiger partial charge in [0.05, 0.1) is 28.4 Å². The Morgan fingerprint density at radius 1 is 0.333 bits per heavy atom. The quantitative estimate of drug-likeness (QED) is 0.122. The standard InChI is InChI=1S/C64H48O4S/c1-65-48-31-25-45(26-32-48)58-54(64-63(52-38-37-51(68-4)39-55(52)69-64)62(47-29-35-50(67-3)36-30-47)61(58)46-27-33-49(66-2)34-28-46)40-53-56(41-17-9-5-10-18-41)59(43-21-13-7-14-22-43)60(44-23-15-8-16-24-44)57(53)42-19-11-6-12-20-42/h5-40H,1-4H3. The number of ether oxygens (including phenoxy) is 4. The van der Waals surface area contributed by atoms with Crippen LogP contribution in [-0.4, -0.2) is 28.4 Å². The molecule has 0 spiro atoms. The van der Waals surface area contributed by atoms with E-state index in [0.717, 1.165) is 110 Å². The van der Waals surface area contributed by atoms with Gasteiger partial charge in [-0.25, -0.2) is 0 Å². The zero-order valence-corrected chi connectivity index (χ0v) is 39.6. The van der Waals surface area contributed by atoms with Crippen molar-refractivity contribution in [1.82, 2.24) is 0 Å². The molecule has 0 bridgehead atoms. The molecule has 0 saturated heterocycles. The van der Waals surface area contributed by atoms with Crippen molar-refractivity contribution < 1.29 is 18.9 Å². The van der Waals surface area contributed by atoms with Crippen LogP contribution >= 0.6 is 11.3 Å². The molecule has 69 heavy (non-hydrogen) atoms. The van der Waals surface area contributed by atoms with Crippen LogP contribution in [-0.2, 0) is 0 Å². The van der Waals surface area contributed by atoms with E-state index in [1.807, 2.05) is 0 Å². The highest BCUT2D eigenvalue weighted by Gasteiger charge is 2.34. The smallest absolute Gasteiger partial charge is 0.120 e. The summed E-state index contributed by atoms with van der Waals surface area (Å²) >= 11 is 1.81. The molecule has 1 aromatic heterocycles. The van der Waals surface area contributed by atoms with Crippen LogP contribution in [0.15, 0.2) is 218 Å². The highest BCUT2D eigenvalue weighted by Crippen LogP contribution is 2.58. The van der Waals surface area contributed by atoms with E-state index in [2.05, 4.69) is 218 Å². The van der Waals surface area contributed by atoms with E-state index in [4.69, 9.17) is 18.9 Å². The molecule has 334 valence electrons. The van der Waals surface area contributed by atoms with Gasteiger partial charge in [-0.1, -0.05) is 158 Å². The minimum absolute atomic E-state index is 0.787. The van der Waals surface area contributed by atoms with Crippen LogP contribution in [0.1, 0.15) is 27.8 Å². The Morgan fingerprint density at radius 3 is 1.10 bits per heavy atom. The molecule has 0 fully saturated rings. The second-order valence-corrected chi connectivity index (χ2v) is 18.0. The normalized spacial score (nSPS) is 12.5. The van der Waals surface area contributed by atoms with E-state index in [-0.39, 0.29) is 0 Å². The molecule has 0 amide bonds. The lowest BCUT2D eigenvalue weighted by Crippen LogP contribution is -1.98. The number of thiophene rings is 1. The summed E-state index contributed by atoms with van der Waals surface area (Å²) in [5, 5.41) is 2.31. The lowest BCUT2D eigenvalue weighted by molar-refractivity contribution is 0.414. The van der Waals surface area contributed by atoms with Gasteiger partial charge in [0, 0.05) is 25.7 Å². The van der Waals surface area contributed by atoms with Crippen LogP contribution in [0.5, 0.6) is 23.0 Å². The SMILES string of the molecule is COc1ccc(-c2c(-c3ccc(OC)cc3)c(-c3ccc(OC)cc3)c3c(sc4cc(OC)ccc43)c2C=C2C(c3ccccc3)=C(c3ccccc3)C(c3ccccc3)=C2c2ccccc2)cc1. The second kappa shape index (κ2) is 18.7. The predicted molar refractivity (Wildman–Crippen MR) is 289 cm³/mol. The van der Waals surface area contributed by atoms with E-state index in [1.54, 1.807) is 39.8 Å². The highest BCUT2D eigenvalue weighted by atomic mass is 32.1. The predicted octanol–water partition coefficient (Wildman–Crippen LogP) is 16.7. The first-order valence-electron chi connectivity index (χ1n) is 23.0. The van der Waals surface area contributed by atoms with Crippen molar-refractivity contribution in [2.75, 3.05) is 28.4 Å². The Morgan fingerprint density at radius 2 is 0.696 bits per heavy atom. The van der Waals surface area contributed by atoms with Crippen LogP contribution < -0.4 is 18.9 Å². The first-order chi connectivity index (χ1) is 34.1. The topological polar surface area (TPSA) is 36.9 Å². The molecule has 10 aromatic rings. The summed E-state index contributed by atoms with van der Waals surface area (Å²) in [7, 11) is 6.88. The molecule has 0 saturated carbocycles. The molecule has 0 atom stereocenters. The van der Waals surface area contributed by atoms with Gasteiger partial charge in [-0.15, -0.1) is 11.3 Å². The maximum Gasteiger partial charge on any atom is 0.120 e. The first-order valence-corrected chi connectivity index (χ1v) is 23.8. The van der Waals surface area contributed by atoms with Gasteiger partial charge in [-0.05, 0) is 144 Å². The van der Waals surface area contributed by atoms with E-state index < -0.39 is 0 Å². The lowest BCUT2D eigenvalue weighted by Gasteiger charge is -2.23. The average Bonchev–Trinajstić information content (AvgIpc) is 3.98. The van der Waals surface area contributed by atoms with Gasteiger partial charge in [0.2, 0.25) is 0 Å². The number of fused-ring (bicyclic) bond motifs is 3. The maximum absolute atomic E-state index is 5.91. The lowest BCUT2D eigenvalue weighted by atomic mass is 9.80. The Bertz CT molecular complexity index is 3470. The minimum Gasteiger partial charge on any atom is -0.497 e. The number of benzene rings is 9. The number of hydrogen-bond donors (Lipinski definition) is 0. The largest absolute Gasteiger partial charge is 0.497 e. The molecule has 11 rings (SSSR count). The Labute approximate surface area is 407 Å². The van der Waals surface area contributed by atoms with Crippen molar-refractivity contribution in [2.24, 2.45) is 0 Å². The average molecular weight is 913 g/mol. The summed E-state index contributed by atoms with van der Waals surface area (Å²) < 4.78 is 25.5. The summed E-state index contributed by atoms with van der Waals surface area (Å²) in [5.74, 6) is 3.18. The maximum atomic E-state index is 5.91. The van der Waals surface area contributed by atoms with Gasteiger partial charge in [0.15, 0.2) is 0 Å². The van der Waals surface area contributed by atoms with Crippen LogP contribution in [0, 0.1) is 0 Å². The van der Waals surface area contributed by atoms with Crippen molar-refractivity contribution in [3.8, 4) is 56.4 Å². The molecular weight excluding hydrogens is 865 g/mol. The minimum atomic E-state index is 0.787. The highest BCUT2D eigenvalue weighted by molar-refractivity contribution is 7.26. The fraction of sp³-hybridized carbons (Fsp3) is 0.0625. The fourth-order valence-electron chi connectivity index (χ4n) is 9.96. The molecule has 0 aliphatic heterocycles. The van der Waals surface area contributed by atoms with Gasteiger partial charge in [0.25, 0.3) is 0 Å². The number of methoxy groups -OCH3 is 4. The van der Waals surface area contributed by atoms with Gasteiger partial charge >= 0.3 is 0 Å². The molecule has 1 aliphatic rings. The molecule has 0 N–H and O–H groups in total. The zero-order chi connectivity index (χ0) is 46.8. The monoisotopic (exact) mass is 912 g/mol. The van der Waals surface area contributed by atoms with Gasteiger partial charge in [-0.3, -0.25) is 0 Å². The second-order valence-electron chi connectivity index (χ2n) is 16.9. The fourth-order valence-corrected chi connectivity index (χ4v) is 11.2. The first kappa shape index (κ1) is 43.2. The van der Waals surface area contributed by atoms with Gasteiger partial charge in [-0.2, -0.15) is 0 Å². The van der Waals surface area contributed by atoms with Crippen LogP contribution in [0.25, 0.3) is 81.9 Å². The molecule has 0 radical (unpaired) electrons. The van der Waals surface area contributed by atoms with E-state index >= 15 is 0 Å². The van der Waals surface area contributed by atoms with Crippen molar-refractivity contribution in [3.63, 3.8) is 0 Å². The summed E-state index contributed by atoms with van der Waals surface area (Å²) in [5.41, 5.74) is 18.0.